The van der Waals surface area contributed by atoms with Gasteiger partial charge in [-0.15, -0.1) is 0 Å². The van der Waals surface area contributed by atoms with Crippen molar-refractivity contribution in [3.8, 4) is 0 Å². The molecule has 0 spiro atoms. The molecule has 142 valence electrons. The summed E-state index contributed by atoms with van der Waals surface area (Å²) >= 11 is 0. The minimum absolute atomic E-state index is 0.239. The maximum Gasteiger partial charge on any atom is 0.326 e. The van der Waals surface area contributed by atoms with Gasteiger partial charge in [-0.1, -0.05) is 38.5 Å². The van der Waals surface area contributed by atoms with Crippen LogP contribution in [0.2, 0.25) is 0 Å². The summed E-state index contributed by atoms with van der Waals surface area (Å²) in [5, 5.41) is 22.8. The highest BCUT2D eigenvalue weighted by atomic mass is 16.4. The molecule has 0 aliphatic heterocycles. The quantitative estimate of drug-likeness (QED) is 0.494. The van der Waals surface area contributed by atoms with Crippen LogP contribution in [0.15, 0.2) is 30.3 Å². The summed E-state index contributed by atoms with van der Waals surface area (Å²) in [7, 11) is 0. The van der Waals surface area contributed by atoms with Crippen molar-refractivity contribution >= 4 is 23.8 Å². The molecule has 0 radical (unpaired) electrons. The molecule has 0 saturated heterocycles. The van der Waals surface area contributed by atoms with E-state index in [1.165, 1.54) is 0 Å². The van der Waals surface area contributed by atoms with Gasteiger partial charge in [0.1, 0.15) is 12.1 Å². The van der Waals surface area contributed by atoms with Crippen molar-refractivity contribution in [2.24, 2.45) is 5.92 Å². The Kier molecular flexibility index (Phi) is 8.27. The molecule has 0 aromatic heterocycles. The molecule has 0 aliphatic carbocycles. The lowest BCUT2D eigenvalue weighted by Crippen LogP contribution is -2.54. The number of aliphatic carboxylic acids is 2. The standard InChI is InChI=1S/C18H24N2O6/c1-3-11(2)15(20-16(23)12-7-5-4-6-8-12)17(24)19-13(18(25)26)9-10-14(21)22/h4-8,11,13,15H,3,9-10H2,1-2H3,(H,19,24)(H,20,23)(H,21,22)(H,25,26). The van der Waals surface area contributed by atoms with Crippen molar-refractivity contribution in [2.75, 3.05) is 0 Å². The van der Waals surface area contributed by atoms with Crippen LogP contribution in [0.3, 0.4) is 0 Å². The lowest BCUT2D eigenvalue weighted by Gasteiger charge is -2.25. The van der Waals surface area contributed by atoms with Crippen LogP contribution in [-0.4, -0.2) is 46.0 Å². The molecule has 0 bridgehead atoms. The zero-order valence-corrected chi connectivity index (χ0v) is 14.8. The van der Waals surface area contributed by atoms with Crippen molar-refractivity contribution in [3.63, 3.8) is 0 Å². The van der Waals surface area contributed by atoms with E-state index in [4.69, 9.17) is 5.11 Å². The van der Waals surface area contributed by atoms with Crippen LogP contribution in [-0.2, 0) is 14.4 Å². The van der Waals surface area contributed by atoms with Crippen molar-refractivity contribution in [2.45, 2.75) is 45.2 Å². The molecule has 3 unspecified atom stereocenters. The highest BCUT2D eigenvalue weighted by molar-refractivity contribution is 5.98. The fraction of sp³-hybridized carbons (Fsp3) is 0.444. The number of amides is 2. The summed E-state index contributed by atoms with van der Waals surface area (Å²) in [5.41, 5.74) is 0.384. The number of carboxylic acids is 2. The van der Waals surface area contributed by atoms with Gasteiger partial charge in [0, 0.05) is 12.0 Å². The van der Waals surface area contributed by atoms with E-state index in [1.54, 1.807) is 37.3 Å². The summed E-state index contributed by atoms with van der Waals surface area (Å²) < 4.78 is 0. The second-order valence-corrected chi connectivity index (χ2v) is 6.03. The molecule has 0 aliphatic rings. The summed E-state index contributed by atoms with van der Waals surface area (Å²) in [6.45, 7) is 3.61. The van der Waals surface area contributed by atoms with E-state index in [0.717, 1.165) is 0 Å². The summed E-state index contributed by atoms with van der Waals surface area (Å²) in [6, 6.07) is 6.09. The van der Waals surface area contributed by atoms with Crippen LogP contribution >= 0.6 is 0 Å². The van der Waals surface area contributed by atoms with Crippen LogP contribution in [0.25, 0.3) is 0 Å². The lowest BCUT2D eigenvalue weighted by atomic mass is 9.97. The van der Waals surface area contributed by atoms with Crippen molar-refractivity contribution in [1.29, 1.82) is 0 Å². The third-order valence-electron chi connectivity index (χ3n) is 4.08. The first-order valence-electron chi connectivity index (χ1n) is 8.37. The average molecular weight is 364 g/mol. The van der Waals surface area contributed by atoms with E-state index in [0.29, 0.717) is 12.0 Å². The van der Waals surface area contributed by atoms with Gasteiger partial charge in [-0.05, 0) is 24.5 Å². The molecular weight excluding hydrogens is 340 g/mol. The fourth-order valence-electron chi connectivity index (χ4n) is 2.30. The number of hydrogen-bond acceptors (Lipinski definition) is 4. The van der Waals surface area contributed by atoms with E-state index in [1.807, 2.05) is 6.92 Å². The van der Waals surface area contributed by atoms with Gasteiger partial charge in [0.15, 0.2) is 0 Å². The molecule has 8 nitrogen and oxygen atoms in total. The molecule has 1 aromatic carbocycles. The van der Waals surface area contributed by atoms with E-state index in [-0.39, 0.29) is 18.8 Å². The molecule has 26 heavy (non-hydrogen) atoms. The van der Waals surface area contributed by atoms with Crippen molar-refractivity contribution in [1.82, 2.24) is 10.6 Å². The van der Waals surface area contributed by atoms with E-state index in [2.05, 4.69) is 10.6 Å². The van der Waals surface area contributed by atoms with E-state index in [9.17, 15) is 24.3 Å². The number of carboxylic acid groups (broad SMARTS) is 2. The number of carbonyl (C=O) groups is 4. The molecule has 4 N–H and O–H groups in total. The predicted molar refractivity (Wildman–Crippen MR) is 93.6 cm³/mol. The third-order valence-corrected chi connectivity index (χ3v) is 4.08. The number of nitrogens with one attached hydrogen (secondary N) is 2. The lowest BCUT2D eigenvalue weighted by molar-refractivity contribution is -0.143. The van der Waals surface area contributed by atoms with Crippen LogP contribution in [0.5, 0.6) is 0 Å². The fourth-order valence-corrected chi connectivity index (χ4v) is 2.30. The molecular formula is C18H24N2O6. The molecule has 2 amide bonds. The monoisotopic (exact) mass is 364 g/mol. The van der Waals surface area contributed by atoms with Gasteiger partial charge in [-0.25, -0.2) is 4.79 Å². The Labute approximate surface area is 151 Å². The molecule has 8 heteroatoms. The Morgan fingerprint density at radius 2 is 1.65 bits per heavy atom. The van der Waals surface area contributed by atoms with Gasteiger partial charge in [0.25, 0.3) is 5.91 Å². The molecule has 3 atom stereocenters. The zero-order chi connectivity index (χ0) is 19.7. The van der Waals surface area contributed by atoms with Gasteiger partial charge in [0.05, 0.1) is 0 Å². The number of carbonyl (C=O) groups excluding carboxylic acids is 2. The van der Waals surface area contributed by atoms with E-state index < -0.39 is 35.8 Å². The normalized spacial score (nSPS) is 13.9. The minimum atomic E-state index is -1.33. The topological polar surface area (TPSA) is 133 Å². The molecule has 1 aromatic rings. The first-order valence-corrected chi connectivity index (χ1v) is 8.37. The summed E-state index contributed by atoms with van der Waals surface area (Å²) in [6.07, 6.45) is -0.0437. The smallest absolute Gasteiger partial charge is 0.326 e. The Hall–Kier alpha value is -2.90. The van der Waals surface area contributed by atoms with Gasteiger partial charge >= 0.3 is 11.9 Å². The Bertz CT molecular complexity index is 646. The zero-order valence-electron chi connectivity index (χ0n) is 14.8. The van der Waals surface area contributed by atoms with E-state index >= 15 is 0 Å². The summed E-state index contributed by atoms with van der Waals surface area (Å²) in [4.78, 5) is 46.8. The largest absolute Gasteiger partial charge is 0.481 e. The van der Waals surface area contributed by atoms with Gasteiger partial charge < -0.3 is 20.8 Å². The van der Waals surface area contributed by atoms with Crippen LogP contribution in [0, 0.1) is 5.92 Å². The number of rotatable bonds is 10. The predicted octanol–water partition coefficient (Wildman–Crippen LogP) is 1.27. The number of benzene rings is 1. The van der Waals surface area contributed by atoms with Crippen LogP contribution < -0.4 is 10.6 Å². The number of hydrogen-bond donors (Lipinski definition) is 4. The Balaban J connectivity index is 2.86. The van der Waals surface area contributed by atoms with Crippen LogP contribution in [0.1, 0.15) is 43.5 Å². The highest BCUT2D eigenvalue weighted by Gasteiger charge is 2.30. The Morgan fingerprint density at radius 3 is 2.15 bits per heavy atom. The van der Waals surface area contributed by atoms with Crippen LogP contribution in [0.4, 0.5) is 0 Å². The molecule has 0 fully saturated rings. The minimum Gasteiger partial charge on any atom is -0.481 e. The maximum atomic E-state index is 12.5. The third kappa shape index (κ3) is 6.54. The highest BCUT2D eigenvalue weighted by Crippen LogP contribution is 2.11. The molecule has 0 saturated carbocycles. The second-order valence-electron chi connectivity index (χ2n) is 6.03. The van der Waals surface area contributed by atoms with Crippen molar-refractivity contribution in [3.05, 3.63) is 35.9 Å². The first-order chi connectivity index (χ1) is 12.3. The SMILES string of the molecule is CCC(C)C(NC(=O)c1ccccc1)C(=O)NC(CCC(=O)O)C(=O)O. The molecule has 0 heterocycles. The molecule has 1 rings (SSSR count). The van der Waals surface area contributed by atoms with Crippen molar-refractivity contribution < 1.29 is 29.4 Å². The van der Waals surface area contributed by atoms with Gasteiger partial charge in [-0.3, -0.25) is 14.4 Å². The van der Waals surface area contributed by atoms with Gasteiger partial charge in [-0.2, -0.15) is 0 Å². The maximum absolute atomic E-state index is 12.5. The average Bonchev–Trinajstić information content (AvgIpc) is 2.62. The summed E-state index contributed by atoms with van der Waals surface area (Å²) in [5.74, 6) is -3.81. The first kappa shape index (κ1) is 21.1. The second kappa shape index (κ2) is 10.2. The Morgan fingerprint density at radius 1 is 1.04 bits per heavy atom. The van der Waals surface area contributed by atoms with Gasteiger partial charge in [0.2, 0.25) is 5.91 Å².